The standard InChI is InChI=1S/C12H19N3O3S/c1-19(16,17)9-4-14-12-10-11(2-3-13-12)15-5-7-18-8-6-15/h2-3,10H,4-9H2,1H3,(H,13,14). The third-order valence-corrected chi connectivity index (χ3v) is 3.84. The largest absolute Gasteiger partial charge is 0.378 e. The lowest BCUT2D eigenvalue weighted by Gasteiger charge is -2.28. The molecular formula is C12H19N3O3S. The number of sulfone groups is 1. The Bertz CT molecular complexity index is 513. The molecule has 1 N–H and O–H groups in total. The number of nitrogens with one attached hydrogen (secondary N) is 1. The first-order valence-electron chi connectivity index (χ1n) is 6.25. The zero-order valence-corrected chi connectivity index (χ0v) is 11.8. The Balaban J connectivity index is 1.94. The van der Waals surface area contributed by atoms with Crippen LogP contribution in [0.4, 0.5) is 11.5 Å². The van der Waals surface area contributed by atoms with Crippen LogP contribution in [-0.2, 0) is 14.6 Å². The lowest BCUT2D eigenvalue weighted by Crippen LogP contribution is -2.36. The van der Waals surface area contributed by atoms with E-state index >= 15 is 0 Å². The zero-order chi connectivity index (χ0) is 13.7. The molecule has 0 saturated carbocycles. The van der Waals surface area contributed by atoms with Gasteiger partial charge in [-0.25, -0.2) is 13.4 Å². The highest BCUT2D eigenvalue weighted by Gasteiger charge is 2.11. The quantitative estimate of drug-likeness (QED) is 0.843. The molecule has 1 aliphatic rings. The molecule has 1 saturated heterocycles. The summed E-state index contributed by atoms with van der Waals surface area (Å²) in [6.07, 6.45) is 2.96. The lowest BCUT2D eigenvalue weighted by molar-refractivity contribution is 0.122. The van der Waals surface area contributed by atoms with E-state index in [0.717, 1.165) is 32.0 Å². The predicted molar refractivity (Wildman–Crippen MR) is 75.5 cm³/mol. The maximum absolute atomic E-state index is 11.1. The van der Waals surface area contributed by atoms with E-state index in [2.05, 4.69) is 15.2 Å². The van der Waals surface area contributed by atoms with Crippen LogP contribution in [0.5, 0.6) is 0 Å². The van der Waals surface area contributed by atoms with E-state index in [1.807, 2.05) is 12.1 Å². The minimum atomic E-state index is -2.94. The van der Waals surface area contributed by atoms with Gasteiger partial charge in [0.15, 0.2) is 0 Å². The molecule has 1 aliphatic heterocycles. The highest BCUT2D eigenvalue weighted by atomic mass is 32.2. The molecular weight excluding hydrogens is 266 g/mol. The summed E-state index contributed by atoms with van der Waals surface area (Å²) in [6.45, 7) is 3.58. The van der Waals surface area contributed by atoms with Crippen LogP contribution in [0.15, 0.2) is 18.3 Å². The smallest absolute Gasteiger partial charge is 0.149 e. The first-order valence-corrected chi connectivity index (χ1v) is 8.31. The van der Waals surface area contributed by atoms with Gasteiger partial charge in [0.1, 0.15) is 15.7 Å². The SMILES string of the molecule is CS(=O)(=O)CCNc1cc(N2CCOCC2)ccn1. The molecule has 106 valence electrons. The van der Waals surface area contributed by atoms with Gasteiger partial charge in [-0.2, -0.15) is 0 Å². The van der Waals surface area contributed by atoms with Gasteiger partial charge in [0.2, 0.25) is 0 Å². The van der Waals surface area contributed by atoms with Crippen molar-refractivity contribution < 1.29 is 13.2 Å². The summed E-state index contributed by atoms with van der Waals surface area (Å²) < 4.78 is 27.4. The van der Waals surface area contributed by atoms with Crippen LogP contribution in [-0.4, -0.2) is 58.3 Å². The van der Waals surface area contributed by atoms with E-state index < -0.39 is 9.84 Å². The Morgan fingerprint density at radius 2 is 2.16 bits per heavy atom. The molecule has 1 aromatic rings. The second-order valence-corrected chi connectivity index (χ2v) is 6.82. The summed E-state index contributed by atoms with van der Waals surface area (Å²) >= 11 is 0. The van der Waals surface area contributed by atoms with Crippen molar-refractivity contribution in [3.8, 4) is 0 Å². The molecule has 6 nitrogen and oxygen atoms in total. The lowest BCUT2D eigenvalue weighted by atomic mass is 10.3. The molecule has 0 aromatic carbocycles. The molecule has 0 amide bonds. The third kappa shape index (κ3) is 4.68. The van der Waals surface area contributed by atoms with Gasteiger partial charge in [-0.1, -0.05) is 0 Å². The van der Waals surface area contributed by atoms with Crippen LogP contribution in [0, 0.1) is 0 Å². The van der Waals surface area contributed by atoms with Crippen molar-refractivity contribution in [3.63, 3.8) is 0 Å². The number of anilines is 2. The average molecular weight is 285 g/mol. The molecule has 1 fully saturated rings. The number of pyridine rings is 1. The van der Waals surface area contributed by atoms with Crippen molar-refractivity contribution >= 4 is 21.3 Å². The van der Waals surface area contributed by atoms with Crippen molar-refractivity contribution in [3.05, 3.63) is 18.3 Å². The molecule has 0 aliphatic carbocycles. The van der Waals surface area contributed by atoms with Gasteiger partial charge in [0.05, 0.1) is 19.0 Å². The number of hydrogen-bond acceptors (Lipinski definition) is 6. The molecule has 0 bridgehead atoms. The molecule has 1 aromatic heterocycles. The van der Waals surface area contributed by atoms with E-state index in [4.69, 9.17) is 4.74 Å². The van der Waals surface area contributed by atoms with Crippen LogP contribution in [0.25, 0.3) is 0 Å². The van der Waals surface area contributed by atoms with E-state index in [0.29, 0.717) is 12.4 Å². The van der Waals surface area contributed by atoms with Gasteiger partial charge >= 0.3 is 0 Å². The second-order valence-electron chi connectivity index (χ2n) is 4.56. The van der Waals surface area contributed by atoms with Gasteiger partial charge in [-0.15, -0.1) is 0 Å². The van der Waals surface area contributed by atoms with Crippen LogP contribution in [0.3, 0.4) is 0 Å². The van der Waals surface area contributed by atoms with Gasteiger partial charge in [0.25, 0.3) is 0 Å². The maximum atomic E-state index is 11.1. The number of morpholine rings is 1. The van der Waals surface area contributed by atoms with E-state index in [1.54, 1.807) is 6.20 Å². The van der Waals surface area contributed by atoms with Gasteiger partial charge in [0, 0.05) is 43.8 Å². The second kappa shape index (κ2) is 6.21. The van der Waals surface area contributed by atoms with Crippen molar-refractivity contribution in [2.75, 3.05) is 55.1 Å². The molecule has 0 radical (unpaired) electrons. The van der Waals surface area contributed by atoms with Crippen LogP contribution in [0.1, 0.15) is 0 Å². The molecule has 0 unspecified atom stereocenters. The minimum absolute atomic E-state index is 0.108. The van der Waals surface area contributed by atoms with Crippen LogP contribution in [0.2, 0.25) is 0 Å². The highest BCUT2D eigenvalue weighted by molar-refractivity contribution is 7.90. The maximum Gasteiger partial charge on any atom is 0.149 e. The Hall–Kier alpha value is -1.34. The monoisotopic (exact) mass is 285 g/mol. The van der Waals surface area contributed by atoms with Crippen molar-refractivity contribution in [2.24, 2.45) is 0 Å². The van der Waals surface area contributed by atoms with Crippen molar-refractivity contribution in [1.82, 2.24) is 4.98 Å². The van der Waals surface area contributed by atoms with Crippen molar-refractivity contribution in [1.29, 1.82) is 0 Å². The third-order valence-electron chi connectivity index (χ3n) is 2.90. The Morgan fingerprint density at radius 1 is 1.42 bits per heavy atom. The topological polar surface area (TPSA) is 71.5 Å². The molecule has 19 heavy (non-hydrogen) atoms. The summed E-state index contributed by atoms with van der Waals surface area (Å²) in [5.74, 6) is 0.809. The fraction of sp³-hybridized carbons (Fsp3) is 0.583. The number of rotatable bonds is 5. The normalized spacial score (nSPS) is 16.4. The average Bonchev–Trinajstić information content (AvgIpc) is 2.39. The first kappa shape index (κ1) is 14.1. The van der Waals surface area contributed by atoms with Gasteiger partial charge in [-0.05, 0) is 6.07 Å². The fourth-order valence-corrected chi connectivity index (χ4v) is 2.37. The molecule has 2 heterocycles. The molecule has 0 atom stereocenters. The number of aromatic nitrogens is 1. The number of nitrogens with zero attached hydrogens (tertiary/aromatic N) is 2. The minimum Gasteiger partial charge on any atom is -0.378 e. The number of ether oxygens (including phenoxy) is 1. The van der Waals surface area contributed by atoms with E-state index in [1.165, 1.54) is 6.26 Å². The first-order chi connectivity index (χ1) is 9.04. The van der Waals surface area contributed by atoms with E-state index in [9.17, 15) is 8.42 Å². The summed E-state index contributed by atoms with van der Waals surface area (Å²) in [5.41, 5.74) is 1.08. The van der Waals surface area contributed by atoms with Crippen molar-refractivity contribution in [2.45, 2.75) is 0 Å². The Morgan fingerprint density at radius 3 is 2.84 bits per heavy atom. The van der Waals surface area contributed by atoms with Gasteiger partial charge < -0.3 is 15.0 Å². The summed E-state index contributed by atoms with van der Waals surface area (Å²) in [5, 5.41) is 3.03. The summed E-state index contributed by atoms with van der Waals surface area (Å²) in [7, 11) is -2.94. The van der Waals surface area contributed by atoms with Crippen LogP contribution >= 0.6 is 0 Å². The summed E-state index contributed by atoms with van der Waals surface area (Å²) in [6, 6.07) is 3.89. The number of hydrogen-bond donors (Lipinski definition) is 1. The van der Waals surface area contributed by atoms with E-state index in [-0.39, 0.29) is 5.75 Å². The Kier molecular flexibility index (Phi) is 4.60. The van der Waals surface area contributed by atoms with Gasteiger partial charge in [-0.3, -0.25) is 0 Å². The fourth-order valence-electron chi connectivity index (χ4n) is 1.90. The molecule has 0 spiro atoms. The highest BCUT2D eigenvalue weighted by Crippen LogP contribution is 2.18. The molecule has 7 heteroatoms. The Labute approximate surface area is 113 Å². The van der Waals surface area contributed by atoms with Crippen LogP contribution < -0.4 is 10.2 Å². The molecule has 2 rings (SSSR count). The zero-order valence-electron chi connectivity index (χ0n) is 11.0. The predicted octanol–water partition coefficient (Wildman–Crippen LogP) is 0.375. The summed E-state index contributed by atoms with van der Waals surface area (Å²) in [4.78, 5) is 6.42.